The Morgan fingerprint density at radius 1 is 1.08 bits per heavy atom. The van der Waals surface area contributed by atoms with Crippen LogP contribution in [0, 0.1) is 13.8 Å². The molecule has 0 aliphatic rings. The summed E-state index contributed by atoms with van der Waals surface area (Å²) in [5, 5.41) is 3.99. The highest BCUT2D eigenvalue weighted by Gasteiger charge is 2.22. The molecule has 0 bridgehead atoms. The van der Waals surface area contributed by atoms with E-state index in [1.54, 1.807) is 10.6 Å². The standard InChI is InChI=1S/C20H18N3O2/c1-14-19(15(2)25-21-14)17-13-22(12-16-8-4-3-5-9-16)18-10-6-7-11-23(18)20(17)24/h3-11,13H,12H2,1-2H3/q+1. The molecule has 5 heteroatoms. The average molecular weight is 332 g/mol. The second kappa shape index (κ2) is 6.02. The van der Waals surface area contributed by atoms with Gasteiger partial charge in [-0.15, -0.1) is 0 Å². The zero-order valence-corrected chi connectivity index (χ0v) is 14.1. The lowest BCUT2D eigenvalue weighted by atomic mass is 10.1. The minimum absolute atomic E-state index is 0.0747. The Hall–Kier alpha value is -3.21. The molecule has 3 aromatic heterocycles. The summed E-state index contributed by atoms with van der Waals surface area (Å²) >= 11 is 0. The Labute approximate surface area is 144 Å². The Morgan fingerprint density at radius 3 is 2.56 bits per heavy atom. The topological polar surface area (TPSA) is 51.4 Å². The fraction of sp³-hybridized carbons (Fsp3) is 0.150. The van der Waals surface area contributed by atoms with Crippen molar-refractivity contribution in [2.45, 2.75) is 20.4 Å². The molecule has 1 aromatic carbocycles. The smallest absolute Gasteiger partial charge is 0.350 e. The normalized spacial score (nSPS) is 11.1. The molecule has 4 aromatic rings. The lowest BCUT2D eigenvalue weighted by Gasteiger charge is -2.07. The number of hydrogen-bond donors (Lipinski definition) is 0. The van der Waals surface area contributed by atoms with Gasteiger partial charge in [0.25, 0.3) is 5.65 Å². The van der Waals surface area contributed by atoms with Crippen LogP contribution < -0.4 is 10.1 Å². The van der Waals surface area contributed by atoms with Crippen LogP contribution in [0.5, 0.6) is 0 Å². The van der Waals surface area contributed by atoms with Gasteiger partial charge in [-0.05, 0) is 25.5 Å². The van der Waals surface area contributed by atoms with Gasteiger partial charge in [-0.3, -0.25) is 0 Å². The molecular weight excluding hydrogens is 314 g/mol. The van der Waals surface area contributed by atoms with E-state index in [1.807, 2.05) is 56.4 Å². The van der Waals surface area contributed by atoms with Crippen molar-refractivity contribution in [1.82, 2.24) is 9.56 Å². The van der Waals surface area contributed by atoms with E-state index in [0.717, 1.165) is 16.9 Å². The minimum atomic E-state index is -0.0747. The molecular formula is C20H18N3O2+. The zero-order chi connectivity index (χ0) is 17.4. The molecule has 124 valence electrons. The van der Waals surface area contributed by atoms with Crippen molar-refractivity contribution in [1.29, 1.82) is 0 Å². The van der Waals surface area contributed by atoms with Gasteiger partial charge in [0.2, 0.25) is 0 Å². The summed E-state index contributed by atoms with van der Waals surface area (Å²) in [6.45, 7) is 4.36. The highest BCUT2D eigenvalue weighted by molar-refractivity contribution is 5.66. The van der Waals surface area contributed by atoms with Crippen LogP contribution >= 0.6 is 0 Å². The van der Waals surface area contributed by atoms with Crippen molar-refractivity contribution in [2.75, 3.05) is 0 Å². The molecule has 0 radical (unpaired) electrons. The van der Waals surface area contributed by atoms with Gasteiger partial charge in [-0.1, -0.05) is 41.6 Å². The van der Waals surface area contributed by atoms with Gasteiger partial charge in [-0.25, -0.2) is 9.36 Å². The largest absolute Gasteiger partial charge is 0.361 e. The Balaban J connectivity index is 1.99. The van der Waals surface area contributed by atoms with E-state index in [-0.39, 0.29) is 5.56 Å². The van der Waals surface area contributed by atoms with Gasteiger partial charge in [0.15, 0.2) is 0 Å². The fourth-order valence-corrected chi connectivity index (χ4v) is 3.19. The Kier molecular flexibility index (Phi) is 3.69. The Bertz CT molecular complexity index is 1090. The molecule has 0 aliphatic heterocycles. The molecule has 5 nitrogen and oxygen atoms in total. The molecule has 3 heterocycles. The molecule has 0 amide bonds. The van der Waals surface area contributed by atoms with Crippen molar-refractivity contribution in [3.63, 3.8) is 0 Å². The predicted octanol–water partition coefficient (Wildman–Crippen LogP) is 2.91. The summed E-state index contributed by atoms with van der Waals surface area (Å²) in [4.78, 5) is 13.0. The van der Waals surface area contributed by atoms with Crippen molar-refractivity contribution >= 4 is 5.65 Å². The first-order valence-corrected chi connectivity index (χ1v) is 8.16. The van der Waals surface area contributed by atoms with Gasteiger partial charge >= 0.3 is 5.56 Å². The van der Waals surface area contributed by atoms with Gasteiger partial charge in [0.1, 0.15) is 24.1 Å². The van der Waals surface area contributed by atoms with E-state index < -0.39 is 0 Å². The monoisotopic (exact) mass is 332 g/mol. The van der Waals surface area contributed by atoms with Crippen LogP contribution in [0.2, 0.25) is 0 Å². The number of nitrogens with zero attached hydrogens (tertiary/aromatic N) is 3. The first-order chi connectivity index (χ1) is 12.1. The molecule has 0 saturated carbocycles. The van der Waals surface area contributed by atoms with Crippen LogP contribution in [-0.4, -0.2) is 9.56 Å². The molecule has 0 fully saturated rings. The number of pyridine rings is 1. The highest BCUT2D eigenvalue weighted by Crippen LogP contribution is 2.23. The van der Waals surface area contributed by atoms with Crippen molar-refractivity contribution in [3.05, 3.63) is 88.3 Å². The summed E-state index contributed by atoms with van der Waals surface area (Å²) in [6, 6.07) is 15.9. The molecule has 0 aliphatic carbocycles. The van der Waals surface area contributed by atoms with E-state index in [1.165, 1.54) is 5.56 Å². The fourth-order valence-electron chi connectivity index (χ4n) is 3.19. The molecule has 4 rings (SSSR count). The summed E-state index contributed by atoms with van der Waals surface area (Å²) in [6.07, 6.45) is 3.69. The SMILES string of the molecule is Cc1noc(C)c1-c1c[n+](Cc2ccccc2)c2ccccn2c1=O. The highest BCUT2D eigenvalue weighted by atomic mass is 16.5. The van der Waals surface area contributed by atoms with Crippen LogP contribution in [0.1, 0.15) is 17.0 Å². The van der Waals surface area contributed by atoms with Gasteiger partial charge in [0.05, 0.1) is 17.5 Å². The van der Waals surface area contributed by atoms with Crippen molar-refractivity contribution < 1.29 is 9.09 Å². The summed E-state index contributed by atoms with van der Waals surface area (Å²) in [7, 11) is 0. The summed E-state index contributed by atoms with van der Waals surface area (Å²) < 4.78 is 9.02. The van der Waals surface area contributed by atoms with Crippen molar-refractivity contribution in [2.24, 2.45) is 0 Å². The van der Waals surface area contributed by atoms with Gasteiger partial charge < -0.3 is 4.52 Å². The number of benzene rings is 1. The number of hydrogen-bond acceptors (Lipinski definition) is 3. The molecule has 0 unspecified atom stereocenters. The maximum atomic E-state index is 13.0. The van der Waals surface area contributed by atoms with E-state index in [2.05, 4.69) is 21.9 Å². The van der Waals surface area contributed by atoms with Crippen LogP contribution in [0.4, 0.5) is 0 Å². The predicted molar refractivity (Wildman–Crippen MR) is 94.4 cm³/mol. The number of rotatable bonds is 3. The average Bonchev–Trinajstić information content (AvgIpc) is 2.97. The van der Waals surface area contributed by atoms with E-state index in [9.17, 15) is 4.79 Å². The van der Waals surface area contributed by atoms with Crippen LogP contribution in [-0.2, 0) is 6.54 Å². The van der Waals surface area contributed by atoms with E-state index in [0.29, 0.717) is 17.9 Å². The molecule has 0 atom stereocenters. The van der Waals surface area contributed by atoms with E-state index in [4.69, 9.17) is 4.52 Å². The maximum absolute atomic E-state index is 13.0. The Morgan fingerprint density at radius 2 is 1.84 bits per heavy atom. The zero-order valence-electron chi connectivity index (χ0n) is 14.1. The van der Waals surface area contributed by atoms with Crippen molar-refractivity contribution in [3.8, 4) is 11.1 Å². The quantitative estimate of drug-likeness (QED) is 0.542. The molecule has 0 spiro atoms. The van der Waals surface area contributed by atoms with Crippen LogP contribution in [0.3, 0.4) is 0 Å². The number of aromatic nitrogens is 3. The summed E-state index contributed by atoms with van der Waals surface area (Å²) in [5.74, 6) is 0.650. The molecule has 0 N–H and O–H groups in total. The third-order valence-electron chi connectivity index (χ3n) is 4.37. The van der Waals surface area contributed by atoms with E-state index >= 15 is 0 Å². The summed E-state index contributed by atoms with van der Waals surface area (Å²) in [5.41, 5.74) is 4.01. The first kappa shape index (κ1) is 15.3. The van der Waals surface area contributed by atoms with Crippen LogP contribution in [0.15, 0.2) is 70.2 Å². The number of fused-ring (bicyclic) bond motifs is 1. The van der Waals surface area contributed by atoms with Crippen LogP contribution in [0.25, 0.3) is 16.8 Å². The second-order valence-corrected chi connectivity index (χ2v) is 6.09. The third-order valence-corrected chi connectivity index (χ3v) is 4.37. The second-order valence-electron chi connectivity index (χ2n) is 6.09. The van der Waals surface area contributed by atoms with Gasteiger partial charge in [-0.2, -0.15) is 4.40 Å². The third kappa shape index (κ3) is 2.63. The lowest BCUT2D eigenvalue weighted by molar-refractivity contribution is -0.665. The maximum Gasteiger partial charge on any atom is 0.350 e. The van der Waals surface area contributed by atoms with Gasteiger partial charge in [0, 0.05) is 6.07 Å². The molecule has 0 saturated heterocycles. The lowest BCUT2D eigenvalue weighted by Crippen LogP contribution is -2.40. The molecule has 25 heavy (non-hydrogen) atoms. The first-order valence-electron chi connectivity index (χ1n) is 8.16. The minimum Gasteiger partial charge on any atom is -0.361 e. The number of aryl methyl sites for hydroxylation is 2.